The molecule has 1 atom stereocenters. The molecule has 1 aromatic rings. The summed E-state index contributed by atoms with van der Waals surface area (Å²) in [7, 11) is 1.86. The van der Waals surface area contributed by atoms with Gasteiger partial charge in [-0.05, 0) is 49.9 Å². The van der Waals surface area contributed by atoms with Gasteiger partial charge in [0.2, 0.25) is 5.92 Å². The van der Waals surface area contributed by atoms with Gasteiger partial charge in [-0.3, -0.25) is 0 Å². The van der Waals surface area contributed by atoms with Crippen molar-refractivity contribution in [2.24, 2.45) is 5.92 Å². The van der Waals surface area contributed by atoms with E-state index in [2.05, 4.69) is 5.32 Å². The van der Waals surface area contributed by atoms with Crippen LogP contribution in [0.4, 0.5) is 13.2 Å². The summed E-state index contributed by atoms with van der Waals surface area (Å²) >= 11 is 0. The number of rotatable bonds is 4. The molecule has 0 amide bonds. The third-order valence-corrected chi connectivity index (χ3v) is 4.07. The summed E-state index contributed by atoms with van der Waals surface area (Å²) < 4.78 is 39.2. The Bertz CT molecular complexity index is 392. The Morgan fingerprint density at radius 1 is 1.21 bits per heavy atom. The van der Waals surface area contributed by atoms with Gasteiger partial charge in [0.15, 0.2) is 0 Å². The molecule has 106 valence electrons. The Hall–Kier alpha value is -1.03. The SMILES string of the molecule is CNC(Cc1ccc(F)cc1)C1CCC(F)(F)CC1. The first-order chi connectivity index (χ1) is 9.00. The highest BCUT2D eigenvalue weighted by atomic mass is 19.3. The quantitative estimate of drug-likeness (QED) is 0.878. The second kappa shape index (κ2) is 5.95. The van der Waals surface area contributed by atoms with Crippen LogP contribution >= 0.6 is 0 Å². The molecular weight excluding hydrogens is 251 g/mol. The number of hydrogen-bond donors (Lipinski definition) is 1. The molecule has 1 fully saturated rings. The van der Waals surface area contributed by atoms with E-state index in [1.54, 1.807) is 12.1 Å². The van der Waals surface area contributed by atoms with E-state index in [1.165, 1.54) is 12.1 Å². The predicted molar refractivity (Wildman–Crippen MR) is 69.9 cm³/mol. The van der Waals surface area contributed by atoms with E-state index in [9.17, 15) is 13.2 Å². The van der Waals surface area contributed by atoms with Crippen LogP contribution in [0.2, 0.25) is 0 Å². The molecule has 1 saturated carbocycles. The van der Waals surface area contributed by atoms with E-state index in [0.29, 0.717) is 12.8 Å². The predicted octanol–water partition coefficient (Wildman–Crippen LogP) is 3.78. The normalized spacial score (nSPS) is 21.3. The van der Waals surface area contributed by atoms with Crippen LogP contribution in [-0.2, 0) is 6.42 Å². The van der Waals surface area contributed by atoms with Crippen molar-refractivity contribution < 1.29 is 13.2 Å². The first-order valence-corrected chi connectivity index (χ1v) is 6.80. The van der Waals surface area contributed by atoms with Crippen LogP contribution in [-0.4, -0.2) is 19.0 Å². The highest BCUT2D eigenvalue weighted by Crippen LogP contribution is 2.37. The Kier molecular flexibility index (Phi) is 4.50. The number of nitrogens with one attached hydrogen (secondary N) is 1. The summed E-state index contributed by atoms with van der Waals surface area (Å²) in [6, 6.07) is 6.59. The molecule has 0 saturated heterocycles. The second-order valence-electron chi connectivity index (χ2n) is 5.42. The van der Waals surface area contributed by atoms with Crippen molar-refractivity contribution in [1.82, 2.24) is 5.32 Å². The molecule has 19 heavy (non-hydrogen) atoms. The topological polar surface area (TPSA) is 12.0 Å². The lowest BCUT2D eigenvalue weighted by atomic mass is 9.80. The number of alkyl halides is 2. The molecule has 0 spiro atoms. The molecule has 1 nitrogen and oxygen atoms in total. The molecular formula is C15H20F3N. The Balaban J connectivity index is 1.95. The lowest BCUT2D eigenvalue weighted by Gasteiger charge is -2.33. The molecule has 0 bridgehead atoms. The Morgan fingerprint density at radius 3 is 2.32 bits per heavy atom. The number of hydrogen-bond acceptors (Lipinski definition) is 1. The van der Waals surface area contributed by atoms with E-state index >= 15 is 0 Å². The van der Waals surface area contributed by atoms with Crippen LogP contribution in [0.5, 0.6) is 0 Å². The molecule has 1 N–H and O–H groups in total. The van der Waals surface area contributed by atoms with E-state index in [0.717, 1.165) is 12.0 Å². The largest absolute Gasteiger partial charge is 0.316 e. The molecule has 0 aromatic heterocycles. The van der Waals surface area contributed by atoms with Crippen molar-refractivity contribution in [3.63, 3.8) is 0 Å². The van der Waals surface area contributed by atoms with Gasteiger partial charge in [0.1, 0.15) is 5.82 Å². The van der Waals surface area contributed by atoms with Crippen molar-refractivity contribution in [1.29, 1.82) is 0 Å². The molecule has 1 aromatic carbocycles. The third-order valence-electron chi connectivity index (χ3n) is 4.07. The molecule has 0 radical (unpaired) electrons. The lowest BCUT2D eigenvalue weighted by Crippen LogP contribution is -2.39. The minimum absolute atomic E-state index is 0.0146. The van der Waals surface area contributed by atoms with Crippen molar-refractivity contribution in [2.45, 2.75) is 44.1 Å². The highest BCUT2D eigenvalue weighted by Gasteiger charge is 2.37. The fraction of sp³-hybridized carbons (Fsp3) is 0.600. The van der Waals surface area contributed by atoms with E-state index < -0.39 is 5.92 Å². The molecule has 1 unspecified atom stereocenters. The second-order valence-corrected chi connectivity index (χ2v) is 5.42. The number of benzene rings is 1. The van der Waals surface area contributed by atoms with Crippen LogP contribution in [0.25, 0.3) is 0 Å². The Labute approximate surface area is 112 Å². The highest BCUT2D eigenvalue weighted by molar-refractivity contribution is 5.17. The fourth-order valence-electron chi connectivity index (χ4n) is 2.84. The van der Waals surface area contributed by atoms with E-state index in [4.69, 9.17) is 0 Å². The first kappa shape index (κ1) is 14.4. The minimum Gasteiger partial charge on any atom is -0.316 e. The molecule has 0 heterocycles. The summed E-state index contributed by atoms with van der Waals surface area (Å²) in [5.74, 6) is -2.46. The van der Waals surface area contributed by atoms with Crippen LogP contribution in [0, 0.1) is 11.7 Å². The van der Waals surface area contributed by atoms with Gasteiger partial charge < -0.3 is 5.32 Å². The lowest BCUT2D eigenvalue weighted by molar-refractivity contribution is -0.0492. The molecule has 1 aliphatic rings. The summed E-state index contributed by atoms with van der Waals surface area (Å²) in [6.45, 7) is 0. The molecule has 2 rings (SSSR count). The third kappa shape index (κ3) is 3.96. The van der Waals surface area contributed by atoms with Gasteiger partial charge in [0, 0.05) is 18.9 Å². The first-order valence-electron chi connectivity index (χ1n) is 6.80. The number of likely N-dealkylation sites (N-methyl/N-ethyl adjacent to an activating group) is 1. The van der Waals surface area contributed by atoms with Crippen molar-refractivity contribution in [3.05, 3.63) is 35.6 Å². The van der Waals surface area contributed by atoms with Gasteiger partial charge in [-0.1, -0.05) is 12.1 Å². The van der Waals surface area contributed by atoms with Gasteiger partial charge in [-0.25, -0.2) is 13.2 Å². The van der Waals surface area contributed by atoms with E-state index in [1.807, 2.05) is 7.05 Å². The Morgan fingerprint density at radius 2 is 1.79 bits per heavy atom. The average Bonchev–Trinajstić information content (AvgIpc) is 2.39. The molecule has 1 aliphatic carbocycles. The van der Waals surface area contributed by atoms with Crippen LogP contribution in [0.15, 0.2) is 24.3 Å². The zero-order chi connectivity index (χ0) is 13.9. The van der Waals surface area contributed by atoms with Crippen LogP contribution < -0.4 is 5.32 Å². The van der Waals surface area contributed by atoms with Gasteiger partial charge in [-0.15, -0.1) is 0 Å². The van der Waals surface area contributed by atoms with E-state index in [-0.39, 0.29) is 30.6 Å². The zero-order valence-corrected chi connectivity index (χ0v) is 11.1. The summed E-state index contributed by atoms with van der Waals surface area (Å²) in [6.07, 6.45) is 1.84. The standard InChI is InChI=1S/C15H20F3N/c1-19-14(10-11-2-4-13(16)5-3-11)12-6-8-15(17,18)9-7-12/h2-5,12,14,19H,6-10H2,1H3. The maximum atomic E-state index is 13.2. The monoisotopic (exact) mass is 271 g/mol. The maximum absolute atomic E-state index is 13.2. The van der Waals surface area contributed by atoms with Crippen molar-refractivity contribution >= 4 is 0 Å². The van der Waals surface area contributed by atoms with Gasteiger partial charge in [0.05, 0.1) is 0 Å². The summed E-state index contributed by atoms with van der Waals surface area (Å²) in [5.41, 5.74) is 1.04. The smallest absolute Gasteiger partial charge is 0.248 e. The van der Waals surface area contributed by atoms with Gasteiger partial charge in [-0.2, -0.15) is 0 Å². The zero-order valence-electron chi connectivity index (χ0n) is 11.1. The molecule has 4 heteroatoms. The number of halogens is 3. The van der Waals surface area contributed by atoms with Gasteiger partial charge >= 0.3 is 0 Å². The van der Waals surface area contributed by atoms with Crippen LogP contribution in [0.1, 0.15) is 31.2 Å². The summed E-state index contributed by atoms with van der Waals surface area (Å²) in [4.78, 5) is 0. The molecule has 0 aliphatic heterocycles. The minimum atomic E-state index is -2.48. The van der Waals surface area contributed by atoms with Gasteiger partial charge in [0.25, 0.3) is 0 Å². The maximum Gasteiger partial charge on any atom is 0.248 e. The van der Waals surface area contributed by atoms with Crippen LogP contribution in [0.3, 0.4) is 0 Å². The van der Waals surface area contributed by atoms with Crippen molar-refractivity contribution in [3.8, 4) is 0 Å². The average molecular weight is 271 g/mol. The van der Waals surface area contributed by atoms with Crippen molar-refractivity contribution in [2.75, 3.05) is 7.05 Å². The fourth-order valence-corrected chi connectivity index (χ4v) is 2.84. The summed E-state index contributed by atoms with van der Waals surface area (Å²) in [5, 5.41) is 3.22.